The number of nitrogens with one attached hydrogen (secondary N) is 1. The minimum Gasteiger partial charge on any atom is -0.342 e. The minimum atomic E-state index is -0.227. The summed E-state index contributed by atoms with van der Waals surface area (Å²) in [4.78, 5) is 18.9. The molecule has 7 nitrogen and oxygen atoms in total. The van der Waals surface area contributed by atoms with Crippen LogP contribution in [0.15, 0.2) is 54.9 Å². The molecule has 0 saturated carbocycles. The molecule has 0 saturated heterocycles. The number of nitrogens with zero attached hydrogens (tertiary/aromatic N) is 5. The highest BCUT2D eigenvalue weighted by molar-refractivity contribution is 5.93. The number of benzene rings is 1. The number of rotatable bonds is 5. The molecule has 1 unspecified atom stereocenters. The first-order valence-electron chi connectivity index (χ1n) is 9.60. The van der Waals surface area contributed by atoms with E-state index in [2.05, 4.69) is 54.2 Å². The van der Waals surface area contributed by atoms with Crippen LogP contribution in [0.5, 0.6) is 0 Å². The molecule has 4 rings (SSSR count). The fourth-order valence-electron chi connectivity index (χ4n) is 3.55. The van der Waals surface area contributed by atoms with Gasteiger partial charge in [-0.05, 0) is 24.6 Å². The number of hydrogen-bond acceptors (Lipinski definition) is 5. The molecule has 1 aromatic carbocycles. The predicted octanol–water partition coefficient (Wildman–Crippen LogP) is 2.22. The number of carbonyl (C=O) groups is 1. The van der Waals surface area contributed by atoms with Crippen molar-refractivity contribution in [3.8, 4) is 0 Å². The predicted molar refractivity (Wildman–Crippen MR) is 106 cm³/mol. The molecule has 0 fully saturated rings. The number of carbonyl (C=O) groups excluding carboxylic acids is 1. The van der Waals surface area contributed by atoms with Crippen LogP contribution in [0.1, 0.15) is 40.5 Å². The van der Waals surface area contributed by atoms with Gasteiger partial charge in [-0.2, -0.15) is 0 Å². The lowest BCUT2D eigenvalue weighted by molar-refractivity contribution is 0.0937. The lowest BCUT2D eigenvalue weighted by atomic mass is 10.2. The Labute approximate surface area is 164 Å². The van der Waals surface area contributed by atoms with Crippen molar-refractivity contribution in [3.63, 3.8) is 0 Å². The molecule has 1 aliphatic rings. The Balaban J connectivity index is 1.42. The van der Waals surface area contributed by atoms with Crippen molar-refractivity contribution >= 4 is 5.91 Å². The van der Waals surface area contributed by atoms with Crippen molar-refractivity contribution in [1.82, 2.24) is 30.0 Å². The van der Waals surface area contributed by atoms with Gasteiger partial charge in [0.2, 0.25) is 0 Å². The van der Waals surface area contributed by atoms with Gasteiger partial charge < -0.3 is 9.88 Å². The molecular weight excluding hydrogens is 352 g/mol. The molecule has 1 amide bonds. The van der Waals surface area contributed by atoms with Gasteiger partial charge in [-0.3, -0.25) is 14.7 Å². The van der Waals surface area contributed by atoms with Crippen LogP contribution in [0.25, 0.3) is 0 Å². The van der Waals surface area contributed by atoms with Gasteiger partial charge in [-0.25, -0.2) is 0 Å². The van der Waals surface area contributed by atoms with E-state index in [1.54, 1.807) is 24.5 Å². The molecule has 1 aliphatic heterocycles. The van der Waals surface area contributed by atoms with Crippen LogP contribution in [0.4, 0.5) is 0 Å². The molecule has 2 aromatic heterocycles. The average Bonchev–Trinajstić information content (AvgIpc) is 3.04. The van der Waals surface area contributed by atoms with Gasteiger partial charge in [0.15, 0.2) is 5.82 Å². The van der Waals surface area contributed by atoms with Gasteiger partial charge in [0.25, 0.3) is 5.91 Å². The highest BCUT2D eigenvalue weighted by atomic mass is 16.1. The zero-order valence-electron chi connectivity index (χ0n) is 16.0. The average molecular weight is 376 g/mol. The second kappa shape index (κ2) is 8.31. The zero-order chi connectivity index (χ0) is 19.3. The van der Waals surface area contributed by atoms with Gasteiger partial charge in [0.1, 0.15) is 5.82 Å². The fraction of sp³-hybridized carbons (Fsp3) is 0.333. The van der Waals surface area contributed by atoms with Crippen molar-refractivity contribution in [2.75, 3.05) is 13.1 Å². The molecule has 3 aromatic rings. The third-order valence-corrected chi connectivity index (χ3v) is 5.06. The van der Waals surface area contributed by atoms with Gasteiger partial charge >= 0.3 is 0 Å². The third kappa shape index (κ3) is 4.09. The smallest absolute Gasteiger partial charge is 0.253 e. The van der Waals surface area contributed by atoms with Crippen molar-refractivity contribution in [2.45, 2.75) is 32.5 Å². The second-order valence-electron chi connectivity index (χ2n) is 7.07. The molecule has 3 heterocycles. The Hall–Kier alpha value is -3.06. The molecule has 0 radical (unpaired) electrons. The van der Waals surface area contributed by atoms with Crippen LogP contribution in [0.2, 0.25) is 0 Å². The highest BCUT2D eigenvalue weighted by Crippen LogP contribution is 2.17. The molecule has 28 heavy (non-hydrogen) atoms. The molecular formula is C21H24N6O. The lowest BCUT2D eigenvalue weighted by Crippen LogP contribution is -2.30. The molecule has 7 heteroatoms. The van der Waals surface area contributed by atoms with Crippen LogP contribution in [-0.4, -0.2) is 43.6 Å². The van der Waals surface area contributed by atoms with Crippen LogP contribution >= 0.6 is 0 Å². The maximum atomic E-state index is 12.4. The first-order chi connectivity index (χ1) is 13.7. The van der Waals surface area contributed by atoms with E-state index in [-0.39, 0.29) is 11.9 Å². The van der Waals surface area contributed by atoms with Crippen LogP contribution in [0, 0.1) is 0 Å². The third-order valence-electron chi connectivity index (χ3n) is 5.06. The van der Waals surface area contributed by atoms with E-state index in [0.717, 1.165) is 44.2 Å². The number of amides is 1. The van der Waals surface area contributed by atoms with E-state index < -0.39 is 0 Å². The summed E-state index contributed by atoms with van der Waals surface area (Å²) in [5.41, 5.74) is 1.86. The van der Waals surface area contributed by atoms with Crippen molar-refractivity contribution in [3.05, 3.63) is 77.6 Å². The van der Waals surface area contributed by atoms with Crippen LogP contribution < -0.4 is 5.32 Å². The van der Waals surface area contributed by atoms with Gasteiger partial charge in [-0.1, -0.05) is 30.3 Å². The van der Waals surface area contributed by atoms with Gasteiger partial charge in [0, 0.05) is 45.0 Å². The van der Waals surface area contributed by atoms with Crippen LogP contribution in [-0.2, 0) is 19.5 Å². The monoisotopic (exact) mass is 376 g/mol. The highest BCUT2D eigenvalue weighted by Gasteiger charge is 2.23. The number of hydrogen-bond donors (Lipinski definition) is 1. The second-order valence-corrected chi connectivity index (χ2v) is 7.07. The Morgan fingerprint density at radius 3 is 2.75 bits per heavy atom. The number of fused-ring (bicyclic) bond motifs is 1. The van der Waals surface area contributed by atoms with Crippen molar-refractivity contribution in [1.29, 1.82) is 0 Å². The molecule has 144 valence electrons. The number of pyridine rings is 1. The summed E-state index contributed by atoms with van der Waals surface area (Å²) < 4.78 is 2.15. The quantitative estimate of drug-likeness (QED) is 0.739. The summed E-state index contributed by atoms with van der Waals surface area (Å²) in [6.07, 6.45) is 4.07. The Kier molecular flexibility index (Phi) is 5.43. The summed E-state index contributed by atoms with van der Waals surface area (Å²) in [6, 6.07) is 13.8. The Morgan fingerprint density at radius 1 is 1.11 bits per heavy atom. The largest absolute Gasteiger partial charge is 0.342 e. The molecule has 0 spiro atoms. The minimum absolute atomic E-state index is 0.155. The standard InChI is InChI=1S/C21H24N6O/c1-16(23-21(28)18-8-5-10-22-14-18)20-25-24-19-9-11-26(12-13-27(19)20)15-17-6-3-2-4-7-17/h2-8,10,14,16H,9,11-13,15H2,1H3,(H,23,28). The first kappa shape index (κ1) is 18.3. The van der Waals surface area contributed by atoms with E-state index >= 15 is 0 Å². The summed E-state index contributed by atoms with van der Waals surface area (Å²) in [5.74, 6) is 1.62. The first-order valence-corrected chi connectivity index (χ1v) is 9.60. The van der Waals surface area contributed by atoms with E-state index in [1.807, 2.05) is 13.0 Å². The maximum absolute atomic E-state index is 12.4. The van der Waals surface area contributed by atoms with Gasteiger partial charge in [0.05, 0.1) is 11.6 Å². The zero-order valence-corrected chi connectivity index (χ0v) is 16.0. The topological polar surface area (TPSA) is 75.9 Å². The number of aromatic nitrogens is 4. The Bertz CT molecular complexity index is 925. The van der Waals surface area contributed by atoms with Crippen molar-refractivity contribution in [2.24, 2.45) is 0 Å². The summed E-state index contributed by atoms with van der Waals surface area (Å²) >= 11 is 0. The van der Waals surface area contributed by atoms with E-state index in [1.165, 1.54) is 5.56 Å². The van der Waals surface area contributed by atoms with E-state index in [0.29, 0.717) is 5.56 Å². The molecule has 0 aliphatic carbocycles. The van der Waals surface area contributed by atoms with E-state index in [9.17, 15) is 4.79 Å². The summed E-state index contributed by atoms with van der Waals surface area (Å²) in [6.45, 7) is 5.57. The van der Waals surface area contributed by atoms with Crippen LogP contribution in [0.3, 0.4) is 0 Å². The fourth-order valence-corrected chi connectivity index (χ4v) is 3.55. The summed E-state index contributed by atoms with van der Waals surface area (Å²) in [5, 5.41) is 11.7. The maximum Gasteiger partial charge on any atom is 0.253 e. The molecule has 1 atom stereocenters. The molecule has 1 N–H and O–H groups in total. The van der Waals surface area contributed by atoms with E-state index in [4.69, 9.17) is 0 Å². The molecule has 0 bridgehead atoms. The normalized spacial score (nSPS) is 15.5. The van der Waals surface area contributed by atoms with Gasteiger partial charge in [-0.15, -0.1) is 10.2 Å². The van der Waals surface area contributed by atoms with Crippen molar-refractivity contribution < 1.29 is 4.79 Å². The summed E-state index contributed by atoms with van der Waals surface area (Å²) in [7, 11) is 0. The SMILES string of the molecule is CC(NC(=O)c1cccnc1)c1nnc2n1CCN(Cc1ccccc1)CC2. The Morgan fingerprint density at radius 2 is 1.96 bits per heavy atom. The lowest BCUT2D eigenvalue weighted by Gasteiger charge is -2.20.